The zero-order valence-corrected chi connectivity index (χ0v) is 20.0. The summed E-state index contributed by atoms with van der Waals surface area (Å²) in [6, 6.07) is 6.06. The maximum absolute atomic E-state index is 13.5. The fraction of sp³-hybridized carbons (Fsp3) is 0.680. The summed E-state index contributed by atoms with van der Waals surface area (Å²) in [5.74, 6) is 2.38. The maximum atomic E-state index is 13.5. The van der Waals surface area contributed by atoms with Crippen LogP contribution in [0.25, 0.3) is 10.9 Å². The van der Waals surface area contributed by atoms with Crippen LogP contribution < -0.4 is 10.1 Å². The van der Waals surface area contributed by atoms with Crippen molar-refractivity contribution in [1.82, 2.24) is 20.0 Å². The predicted octanol–water partition coefficient (Wildman–Crippen LogP) is 3.57. The van der Waals surface area contributed by atoms with E-state index in [1.807, 2.05) is 22.9 Å². The zero-order chi connectivity index (χ0) is 22.7. The number of morpholine rings is 1. The highest BCUT2D eigenvalue weighted by Gasteiger charge is 2.33. The lowest BCUT2D eigenvalue weighted by Gasteiger charge is -2.37. The van der Waals surface area contributed by atoms with Crippen molar-refractivity contribution in [3.05, 3.63) is 23.9 Å². The van der Waals surface area contributed by atoms with Crippen LogP contribution in [0.5, 0.6) is 5.75 Å². The van der Waals surface area contributed by atoms with Crippen LogP contribution in [-0.2, 0) is 11.3 Å². The van der Waals surface area contributed by atoms with Crippen molar-refractivity contribution in [3.63, 3.8) is 0 Å². The molecule has 4 rings (SSSR count). The largest absolute Gasteiger partial charge is 0.494 e. The van der Waals surface area contributed by atoms with E-state index in [9.17, 15) is 4.79 Å². The Hall–Kier alpha value is -2.12. The molecule has 1 aromatic heterocycles. The SMILES string of the molecule is COc1cccc2c(C(=O)N[C@@H]3C[C@H](C)CC[C@H]3C(C)C)nn(CCN3CCOCC3)c12. The Labute approximate surface area is 191 Å². The van der Waals surface area contributed by atoms with Crippen LogP contribution in [0.2, 0.25) is 0 Å². The second kappa shape index (κ2) is 10.2. The minimum Gasteiger partial charge on any atom is -0.494 e. The predicted molar refractivity (Wildman–Crippen MR) is 126 cm³/mol. The first-order valence-electron chi connectivity index (χ1n) is 12.1. The van der Waals surface area contributed by atoms with E-state index in [0.717, 1.165) is 55.9 Å². The molecule has 176 valence electrons. The molecule has 1 N–H and O–H groups in total. The van der Waals surface area contributed by atoms with Gasteiger partial charge >= 0.3 is 0 Å². The highest BCUT2D eigenvalue weighted by Crippen LogP contribution is 2.34. The number of hydrogen-bond acceptors (Lipinski definition) is 5. The first kappa shape index (κ1) is 23.1. The molecule has 1 aromatic carbocycles. The molecule has 1 saturated heterocycles. The first-order valence-corrected chi connectivity index (χ1v) is 12.1. The molecule has 1 aliphatic heterocycles. The quantitative estimate of drug-likeness (QED) is 0.710. The molecule has 1 saturated carbocycles. The van der Waals surface area contributed by atoms with E-state index in [2.05, 4.69) is 31.0 Å². The molecule has 0 radical (unpaired) electrons. The summed E-state index contributed by atoms with van der Waals surface area (Å²) in [7, 11) is 1.67. The van der Waals surface area contributed by atoms with Crippen LogP contribution in [0.1, 0.15) is 50.5 Å². The van der Waals surface area contributed by atoms with Crippen LogP contribution in [0, 0.1) is 17.8 Å². The van der Waals surface area contributed by atoms with Crippen LogP contribution in [-0.4, -0.2) is 66.6 Å². The van der Waals surface area contributed by atoms with Gasteiger partial charge in [-0.1, -0.05) is 39.3 Å². The van der Waals surface area contributed by atoms with Crippen molar-refractivity contribution in [3.8, 4) is 5.75 Å². The average Bonchev–Trinajstić information content (AvgIpc) is 3.17. The minimum absolute atomic E-state index is 0.0712. The number of fused-ring (bicyclic) bond motifs is 1. The van der Waals surface area contributed by atoms with Crippen LogP contribution in [0.3, 0.4) is 0 Å². The first-order chi connectivity index (χ1) is 15.5. The molecular formula is C25H38N4O3. The van der Waals surface area contributed by atoms with Crippen molar-refractivity contribution >= 4 is 16.8 Å². The molecule has 1 aliphatic carbocycles. The van der Waals surface area contributed by atoms with Gasteiger partial charge < -0.3 is 14.8 Å². The molecule has 0 bridgehead atoms. The van der Waals surface area contributed by atoms with Gasteiger partial charge in [-0.3, -0.25) is 14.4 Å². The fourth-order valence-corrected chi connectivity index (χ4v) is 5.36. The van der Waals surface area contributed by atoms with E-state index >= 15 is 0 Å². The average molecular weight is 443 g/mol. The number of nitrogens with one attached hydrogen (secondary N) is 1. The molecule has 2 fully saturated rings. The van der Waals surface area contributed by atoms with Gasteiger partial charge in [-0.05, 0) is 36.7 Å². The maximum Gasteiger partial charge on any atom is 0.272 e. The van der Waals surface area contributed by atoms with Gasteiger partial charge in [0.25, 0.3) is 5.91 Å². The molecule has 2 heterocycles. The molecule has 7 nitrogen and oxygen atoms in total. The number of aromatic nitrogens is 2. The van der Waals surface area contributed by atoms with E-state index in [-0.39, 0.29) is 11.9 Å². The van der Waals surface area contributed by atoms with Crippen molar-refractivity contribution in [2.24, 2.45) is 17.8 Å². The molecule has 2 aromatic rings. The van der Waals surface area contributed by atoms with Gasteiger partial charge in [0, 0.05) is 31.1 Å². The van der Waals surface area contributed by atoms with Crippen molar-refractivity contribution in [2.75, 3.05) is 40.0 Å². The molecule has 1 amide bonds. The van der Waals surface area contributed by atoms with Crippen molar-refractivity contribution in [1.29, 1.82) is 0 Å². The summed E-state index contributed by atoms with van der Waals surface area (Å²) in [6.07, 6.45) is 3.45. The van der Waals surface area contributed by atoms with E-state index in [1.54, 1.807) is 7.11 Å². The molecule has 0 unspecified atom stereocenters. The monoisotopic (exact) mass is 442 g/mol. The molecule has 2 aliphatic rings. The summed E-state index contributed by atoms with van der Waals surface area (Å²) in [5.41, 5.74) is 1.40. The number of hydrogen-bond donors (Lipinski definition) is 1. The zero-order valence-electron chi connectivity index (χ0n) is 20.0. The Kier molecular flexibility index (Phi) is 7.36. The highest BCUT2D eigenvalue weighted by atomic mass is 16.5. The fourth-order valence-electron chi connectivity index (χ4n) is 5.36. The third kappa shape index (κ3) is 4.94. The number of carbonyl (C=O) groups excluding carboxylic acids is 1. The third-order valence-corrected chi connectivity index (χ3v) is 7.24. The Balaban J connectivity index is 1.59. The lowest BCUT2D eigenvalue weighted by atomic mass is 9.74. The van der Waals surface area contributed by atoms with Gasteiger partial charge in [0.15, 0.2) is 5.69 Å². The number of benzene rings is 1. The van der Waals surface area contributed by atoms with Crippen LogP contribution in [0.15, 0.2) is 18.2 Å². The number of carbonyl (C=O) groups is 1. The van der Waals surface area contributed by atoms with Crippen molar-refractivity contribution in [2.45, 2.75) is 52.6 Å². The normalized spacial score (nSPS) is 24.7. The lowest BCUT2D eigenvalue weighted by molar-refractivity contribution is 0.0361. The van der Waals surface area contributed by atoms with Gasteiger partial charge in [-0.15, -0.1) is 0 Å². The Morgan fingerprint density at radius 3 is 2.75 bits per heavy atom. The molecule has 7 heteroatoms. The van der Waals surface area contributed by atoms with Gasteiger partial charge in [0.1, 0.15) is 11.3 Å². The van der Waals surface area contributed by atoms with Crippen LogP contribution >= 0.6 is 0 Å². The van der Waals surface area contributed by atoms with E-state index < -0.39 is 0 Å². The summed E-state index contributed by atoms with van der Waals surface area (Å²) < 4.78 is 13.0. The van der Waals surface area contributed by atoms with Gasteiger partial charge in [-0.25, -0.2) is 0 Å². The van der Waals surface area contributed by atoms with Crippen molar-refractivity contribution < 1.29 is 14.3 Å². The summed E-state index contributed by atoms with van der Waals surface area (Å²) in [4.78, 5) is 15.8. The molecule has 0 spiro atoms. The topological polar surface area (TPSA) is 68.6 Å². The van der Waals surface area contributed by atoms with Gasteiger partial charge in [0.05, 0.1) is 26.9 Å². The number of nitrogens with zero attached hydrogens (tertiary/aromatic N) is 3. The number of rotatable bonds is 7. The van der Waals surface area contributed by atoms with Gasteiger partial charge in [-0.2, -0.15) is 5.10 Å². The number of methoxy groups -OCH3 is 1. The van der Waals surface area contributed by atoms with E-state index in [1.165, 1.54) is 12.8 Å². The smallest absolute Gasteiger partial charge is 0.272 e. The Morgan fingerprint density at radius 2 is 2.03 bits per heavy atom. The molecular weight excluding hydrogens is 404 g/mol. The summed E-state index contributed by atoms with van der Waals surface area (Å²) >= 11 is 0. The minimum atomic E-state index is -0.0712. The second-order valence-electron chi connectivity index (χ2n) is 9.79. The van der Waals surface area contributed by atoms with Crippen LogP contribution in [0.4, 0.5) is 0 Å². The summed E-state index contributed by atoms with van der Waals surface area (Å²) in [5, 5.41) is 9.02. The van der Waals surface area contributed by atoms with E-state index in [0.29, 0.717) is 30.0 Å². The lowest BCUT2D eigenvalue weighted by Crippen LogP contribution is -2.45. The summed E-state index contributed by atoms with van der Waals surface area (Å²) in [6.45, 7) is 11.8. The van der Waals surface area contributed by atoms with Gasteiger partial charge in [0.2, 0.25) is 0 Å². The second-order valence-corrected chi connectivity index (χ2v) is 9.79. The molecule has 32 heavy (non-hydrogen) atoms. The standard InChI is InChI=1S/C25H38N4O3/c1-17(2)19-9-8-18(3)16-21(19)26-25(30)23-20-6-5-7-22(31-4)24(20)29(27-23)11-10-28-12-14-32-15-13-28/h5-7,17-19,21H,8-16H2,1-4H3,(H,26,30)/t18-,19+,21-/m1/s1. The number of amides is 1. The number of para-hydroxylation sites is 1. The van der Waals surface area contributed by atoms with E-state index in [4.69, 9.17) is 14.6 Å². The molecule has 3 atom stereocenters. The number of ether oxygens (including phenoxy) is 2. The third-order valence-electron chi connectivity index (χ3n) is 7.24. The Morgan fingerprint density at radius 1 is 1.25 bits per heavy atom. The Bertz CT molecular complexity index is 919. The highest BCUT2D eigenvalue weighted by molar-refractivity contribution is 6.06.